The van der Waals surface area contributed by atoms with Crippen molar-refractivity contribution in [1.82, 2.24) is 0 Å². The fourth-order valence-corrected chi connectivity index (χ4v) is 2.77. The summed E-state index contributed by atoms with van der Waals surface area (Å²) in [5.41, 5.74) is 6.67. The smallest absolute Gasteiger partial charge is 0.00520 e. The highest BCUT2D eigenvalue weighted by atomic mass is 14.7. The third-order valence-corrected chi connectivity index (χ3v) is 2.92. The van der Waals surface area contributed by atoms with Gasteiger partial charge in [-0.25, -0.2) is 0 Å². The van der Waals surface area contributed by atoms with Crippen LogP contribution in [0.5, 0.6) is 0 Å². The maximum Gasteiger partial charge on any atom is 0.00520 e. The lowest BCUT2D eigenvalue weighted by Crippen LogP contribution is -2.41. The van der Waals surface area contributed by atoms with Crippen LogP contribution in [-0.2, 0) is 0 Å². The van der Waals surface area contributed by atoms with E-state index in [0.717, 1.165) is 12.8 Å². The Morgan fingerprint density at radius 3 is 2.33 bits per heavy atom. The van der Waals surface area contributed by atoms with E-state index in [1.165, 1.54) is 6.42 Å². The zero-order valence-corrected chi connectivity index (χ0v) is 8.56. The molecule has 0 spiro atoms. The summed E-state index contributed by atoms with van der Waals surface area (Å²) in [4.78, 5) is 0. The molecule has 1 rings (SSSR count). The van der Waals surface area contributed by atoms with Crippen molar-refractivity contribution in [2.75, 3.05) is 0 Å². The summed E-state index contributed by atoms with van der Waals surface area (Å²) in [6, 6.07) is 0.358. The van der Waals surface area contributed by atoms with E-state index in [4.69, 9.17) is 5.73 Å². The second-order valence-electron chi connectivity index (χ2n) is 5.37. The average Bonchev–Trinajstić information content (AvgIpc) is 1.82. The topological polar surface area (TPSA) is 26.0 Å². The van der Waals surface area contributed by atoms with E-state index in [0.29, 0.717) is 11.5 Å². The Hall–Kier alpha value is -0.300. The largest absolute Gasteiger partial charge is 0.328 e. The summed E-state index contributed by atoms with van der Waals surface area (Å²) in [5, 5.41) is 0. The van der Waals surface area contributed by atoms with Gasteiger partial charge in [0.25, 0.3) is 0 Å². The van der Waals surface area contributed by atoms with Crippen molar-refractivity contribution in [3.63, 3.8) is 0 Å². The molecule has 1 fully saturated rings. The average molecular weight is 167 g/mol. The Bertz CT molecular complexity index is 183. The van der Waals surface area contributed by atoms with E-state index in [1.807, 2.05) is 0 Å². The Balaban J connectivity index is 2.76. The minimum Gasteiger partial charge on any atom is -0.328 e. The molecule has 0 saturated heterocycles. The second-order valence-corrected chi connectivity index (χ2v) is 5.37. The van der Waals surface area contributed by atoms with Gasteiger partial charge in [0.2, 0.25) is 0 Å². The summed E-state index contributed by atoms with van der Waals surface area (Å²) in [6.45, 7) is 10.8. The maximum atomic E-state index is 6.01. The molecule has 1 heteroatoms. The third-order valence-electron chi connectivity index (χ3n) is 2.92. The Kier molecular flexibility index (Phi) is 2.35. The zero-order chi connectivity index (χ0) is 9.41. The van der Waals surface area contributed by atoms with E-state index in [1.54, 1.807) is 0 Å². The van der Waals surface area contributed by atoms with E-state index in [-0.39, 0.29) is 5.41 Å². The Morgan fingerprint density at radius 2 is 1.92 bits per heavy atom. The van der Waals surface area contributed by atoms with E-state index < -0.39 is 0 Å². The van der Waals surface area contributed by atoms with Crippen LogP contribution in [0.3, 0.4) is 0 Å². The van der Waals surface area contributed by atoms with Crippen molar-refractivity contribution in [2.45, 2.75) is 46.1 Å². The van der Waals surface area contributed by atoms with Gasteiger partial charge in [-0.2, -0.15) is 0 Å². The first-order chi connectivity index (χ1) is 5.37. The SMILES string of the molecule is C=CC1(C)CC(N)CC(C)(C)C1. The molecule has 0 bridgehead atoms. The van der Waals surface area contributed by atoms with Crippen molar-refractivity contribution in [2.24, 2.45) is 16.6 Å². The fourth-order valence-electron chi connectivity index (χ4n) is 2.77. The van der Waals surface area contributed by atoms with Gasteiger partial charge in [-0.15, -0.1) is 6.58 Å². The van der Waals surface area contributed by atoms with Crippen LogP contribution in [0.1, 0.15) is 40.0 Å². The highest BCUT2D eigenvalue weighted by Crippen LogP contribution is 2.45. The van der Waals surface area contributed by atoms with Gasteiger partial charge < -0.3 is 5.73 Å². The summed E-state index contributed by atoms with van der Waals surface area (Å²) >= 11 is 0. The molecule has 1 saturated carbocycles. The lowest BCUT2D eigenvalue weighted by molar-refractivity contribution is 0.121. The van der Waals surface area contributed by atoms with Crippen molar-refractivity contribution in [1.29, 1.82) is 0 Å². The van der Waals surface area contributed by atoms with Gasteiger partial charge in [0.1, 0.15) is 0 Å². The summed E-state index contributed by atoms with van der Waals surface area (Å²) in [7, 11) is 0. The van der Waals surface area contributed by atoms with Crippen LogP contribution in [0.4, 0.5) is 0 Å². The number of rotatable bonds is 1. The zero-order valence-electron chi connectivity index (χ0n) is 8.56. The van der Waals surface area contributed by atoms with Crippen molar-refractivity contribution in [3.05, 3.63) is 12.7 Å². The van der Waals surface area contributed by atoms with Crippen LogP contribution < -0.4 is 5.73 Å². The first kappa shape index (κ1) is 9.79. The minimum absolute atomic E-state index is 0.265. The molecule has 0 aromatic heterocycles. The molecule has 0 amide bonds. The molecular weight excluding hydrogens is 146 g/mol. The lowest BCUT2D eigenvalue weighted by atomic mass is 9.63. The molecular formula is C11H21N. The lowest BCUT2D eigenvalue weighted by Gasteiger charge is -2.44. The van der Waals surface area contributed by atoms with Crippen LogP contribution in [0.2, 0.25) is 0 Å². The highest BCUT2D eigenvalue weighted by Gasteiger charge is 2.37. The van der Waals surface area contributed by atoms with Gasteiger partial charge in [-0.05, 0) is 30.1 Å². The van der Waals surface area contributed by atoms with Gasteiger partial charge >= 0.3 is 0 Å². The summed E-state index contributed by atoms with van der Waals surface area (Å²) in [6.07, 6.45) is 5.54. The quantitative estimate of drug-likeness (QED) is 0.597. The molecule has 0 radical (unpaired) electrons. The molecule has 2 unspecified atom stereocenters. The number of hydrogen-bond donors (Lipinski definition) is 1. The van der Waals surface area contributed by atoms with Crippen LogP contribution in [0, 0.1) is 10.8 Å². The minimum atomic E-state index is 0.265. The predicted octanol–water partition coefficient (Wildman–Crippen LogP) is 2.72. The molecule has 0 aromatic carbocycles. The third kappa shape index (κ3) is 2.10. The van der Waals surface area contributed by atoms with Gasteiger partial charge in [-0.3, -0.25) is 0 Å². The predicted molar refractivity (Wildman–Crippen MR) is 53.9 cm³/mol. The molecule has 1 aliphatic carbocycles. The molecule has 1 aliphatic rings. The maximum absolute atomic E-state index is 6.01. The molecule has 12 heavy (non-hydrogen) atoms. The first-order valence-corrected chi connectivity index (χ1v) is 4.76. The van der Waals surface area contributed by atoms with Crippen LogP contribution >= 0.6 is 0 Å². The summed E-state index contributed by atoms with van der Waals surface area (Å²) < 4.78 is 0. The molecule has 70 valence electrons. The van der Waals surface area contributed by atoms with E-state index in [2.05, 4.69) is 33.4 Å². The standard InChI is InChI=1S/C11H21N/c1-5-11(4)7-9(12)6-10(2,3)8-11/h5,9H,1,6-8,12H2,2-4H3. The molecule has 0 aromatic rings. The van der Waals surface area contributed by atoms with Crippen LogP contribution in [-0.4, -0.2) is 6.04 Å². The Morgan fingerprint density at radius 1 is 1.33 bits per heavy atom. The van der Waals surface area contributed by atoms with Crippen molar-refractivity contribution >= 4 is 0 Å². The van der Waals surface area contributed by atoms with Crippen molar-refractivity contribution in [3.8, 4) is 0 Å². The van der Waals surface area contributed by atoms with Crippen LogP contribution in [0.25, 0.3) is 0 Å². The fraction of sp³-hybridized carbons (Fsp3) is 0.818. The molecule has 2 N–H and O–H groups in total. The summed E-state index contributed by atoms with van der Waals surface area (Å²) in [5.74, 6) is 0. The first-order valence-electron chi connectivity index (χ1n) is 4.76. The van der Waals surface area contributed by atoms with E-state index in [9.17, 15) is 0 Å². The molecule has 0 aliphatic heterocycles. The molecule has 0 heterocycles. The van der Waals surface area contributed by atoms with E-state index >= 15 is 0 Å². The number of hydrogen-bond acceptors (Lipinski definition) is 1. The number of allylic oxidation sites excluding steroid dienone is 1. The molecule has 1 nitrogen and oxygen atoms in total. The highest BCUT2D eigenvalue weighted by molar-refractivity contribution is 5.01. The monoisotopic (exact) mass is 167 g/mol. The van der Waals surface area contributed by atoms with Gasteiger partial charge in [-0.1, -0.05) is 26.8 Å². The number of nitrogens with two attached hydrogens (primary N) is 1. The van der Waals surface area contributed by atoms with Gasteiger partial charge in [0.15, 0.2) is 0 Å². The second kappa shape index (κ2) is 2.88. The van der Waals surface area contributed by atoms with Crippen LogP contribution in [0.15, 0.2) is 12.7 Å². The van der Waals surface area contributed by atoms with Crippen molar-refractivity contribution < 1.29 is 0 Å². The van der Waals surface area contributed by atoms with Gasteiger partial charge in [0, 0.05) is 6.04 Å². The normalized spacial score (nSPS) is 40.8. The Labute approximate surface area is 76.0 Å². The molecule has 2 atom stereocenters. The van der Waals surface area contributed by atoms with Gasteiger partial charge in [0.05, 0.1) is 0 Å².